The number of halogens is 2. The summed E-state index contributed by atoms with van der Waals surface area (Å²) in [5.74, 6) is 0.557. The fourth-order valence-electron chi connectivity index (χ4n) is 4.39. The normalized spacial score (nSPS) is 11.8. The van der Waals surface area contributed by atoms with Crippen molar-refractivity contribution in [1.29, 1.82) is 0 Å². The topological polar surface area (TPSA) is 49.8 Å². The summed E-state index contributed by atoms with van der Waals surface area (Å²) in [5, 5.41) is 11.9. The van der Waals surface area contributed by atoms with Crippen LogP contribution < -0.4 is 0 Å². The molecule has 0 aliphatic heterocycles. The van der Waals surface area contributed by atoms with Crippen LogP contribution in [0.25, 0.3) is 0 Å². The largest absolute Gasteiger partial charge is 0.468 e. The Kier molecular flexibility index (Phi) is 6.80. The van der Waals surface area contributed by atoms with Gasteiger partial charge >= 0.3 is 0 Å². The molecule has 182 valence electrons. The fraction of sp³-hybridized carbons (Fsp3) is 0.133. The monoisotopic (exact) mass is 485 g/mol. The number of hydrogen-bond donors (Lipinski definition) is 1. The van der Waals surface area contributed by atoms with Gasteiger partial charge in [0.2, 0.25) is 0 Å². The molecule has 0 saturated carbocycles. The van der Waals surface area contributed by atoms with Gasteiger partial charge in [-0.2, -0.15) is 0 Å². The maximum Gasteiger partial charge on any atom is 0.173 e. The first-order chi connectivity index (χ1) is 17.5. The summed E-state index contributed by atoms with van der Waals surface area (Å²) in [6.45, 7) is 1.63. The van der Waals surface area contributed by atoms with Crippen molar-refractivity contribution in [1.82, 2.24) is 4.90 Å². The van der Waals surface area contributed by atoms with Gasteiger partial charge in [0, 0.05) is 6.54 Å². The van der Waals surface area contributed by atoms with Crippen LogP contribution in [0.3, 0.4) is 0 Å². The number of hydrogen-bond acceptors (Lipinski definition) is 4. The van der Waals surface area contributed by atoms with E-state index in [1.165, 1.54) is 36.4 Å². The third kappa shape index (κ3) is 5.15. The number of nitrogens with zero attached hydrogens (tertiary/aromatic N) is 1. The molecule has 2 aromatic heterocycles. The van der Waals surface area contributed by atoms with Crippen LogP contribution in [0.1, 0.15) is 34.0 Å². The number of aliphatic hydroxyl groups is 1. The highest BCUT2D eigenvalue weighted by atomic mass is 19.1. The van der Waals surface area contributed by atoms with Crippen LogP contribution in [-0.2, 0) is 25.2 Å². The number of benzene rings is 3. The van der Waals surface area contributed by atoms with Crippen LogP contribution in [-0.4, -0.2) is 10.0 Å². The first-order valence-electron chi connectivity index (χ1n) is 11.6. The molecule has 0 amide bonds. The van der Waals surface area contributed by atoms with Gasteiger partial charge in [-0.15, -0.1) is 0 Å². The second kappa shape index (κ2) is 10.3. The lowest BCUT2D eigenvalue weighted by Gasteiger charge is -2.27. The van der Waals surface area contributed by atoms with Gasteiger partial charge in [-0.3, -0.25) is 4.90 Å². The van der Waals surface area contributed by atoms with Crippen LogP contribution in [0, 0.1) is 11.6 Å². The molecule has 6 heteroatoms. The van der Waals surface area contributed by atoms with Crippen LogP contribution in [0.4, 0.5) is 8.78 Å². The second-order valence-corrected chi connectivity index (χ2v) is 8.71. The van der Waals surface area contributed by atoms with Crippen LogP contribution in [0.5, 0.6) is 0 Å². The Labute approximate surface area is 208 Å². The van der Waals surface area contributed by atoms with Gasteiger partial charge in [-0.05, 0) is 65.2 Å². The molecule has 5 rings (SSSR count). The quantitative estimate of drug-likeness (QED) is 0.254. The Morgan fingerprint density at radius 1 is 0.667 bits per heavy atom. The minimum absolute atomic E-state index is 0.173. The molecule has 0 bridgehead atoms. The predicted octanol–water partition coefficient (Wildman–Crippen LogP) is 6.64. The fourth-order valence-corrected chi connectivity index (χ4v) is 4.39. The minimum atomic E-state index is -1.88. The summed E-state index contributed by atoms with van der Waals surface area (Å²) < 4.78 is 40.0. The molecule has 0 radical (unpaired) electrons. The van der Waals surface area contributed by atoms with Crippen molar-refractivity contribution in [3.63, 3.8) is 0 Å². The van der Waals surface area contributed by atoms with E-state index in [9.17, 15) is 13.9 Å². The third-order valence-electron chi connectivity index (χ3n) is 6.09. The summed E-state index contributed by atoms with van der Waals surface area (Å²) >= 11 is 0. The lowest BCUT2D eigenvalue weighted by Crippen LogP contribution is -2.28. The van der Waals surface area contributed by atoms with Gasteiger partial charge < -0.3 is 13.9 Å². The molecule has 1 N–H and O–H groups in total. The molecule has 3 aromatic carbocycles. The van der Waals surface area contributed by atoms with E-state index in [1.54, 1.807) is 30.5 Å². The molecule has 5 aromatic rings. The molecule has 0 saturated heterocycles. The van der Waals surface area contributed by atoms with E-state index < -0.39 is 17.2 Å². The van der Waals surface area contributed by atoms with Crippen molar-refractivity contribution >= 4 is 0 Å². The Morgan fingerprint density at radius 3 is 1.94 bits per heavy atom. The SMILES string of the molecule is OC(c1cccc(F)c1)(c1cccc(F)c1)c1ccc(CN(Cc2ccccc2)Cc2ccco2)o1. The first-order valence-corrected chi connectivity index (χ1v) is 11.6. The average Bonchev–Trinajstić information content (AvgIpc) is 3.57. The smallest absolute Gasteiger partial charge is 0.173 e. The zero-order valence-electron chi connectivity index (χ0n) is 19.5. The minimum Gasteiger partial charge on any atom is -0.468 e. The Morgan fingerprint density at radius 2 is 1.33 bits per heavy atom. The molecule has 36 heavy (non-hydrogen) atoms. The zero-order chi connectivity index (χ0) is 25.0. The van der Waals surface area contributed by atoms with E-state index >= 15 is 0 Å². The number of furan rings is 2. The second-order valence-electron chi connectivity index (χ2n) is 8.71. The van der Waals surface area contributed by atoms with Crippen molar-refractivity contribution in [3.05, 3.63) is 155 Å². The lowest BCUT2D eigenvalue weighted by molar-refractivity contribution is 0.0941. The molecule has 4 nitrogen and oxygen atoms in total. The van der Waals surface area contributed by atoms with Gasteiger partial charge in [0.05, 0.1) is 19.4 Å². The van der Waals surface area contributed by atoms with Crippen LogP contribution in [0.15, 0.2) is 118 Å². The lowest BCUT2D eigenvalue weighted by atomic mass is 9.84. The Hall–Kier alpha value is -4.00. The van der Waals surface area contributed by atoms with Crippen molar-refractivity contribution in [2.45, 2.75) is 25.2 Å². The predicted molar refractivity (Wildman–Crippen MR) is 132 cm³/mol. The van der Waals surface area contributed by atoms with Gasteiger partial charge in [-0.1, -0.05) is 54.6 Å². The maximum absolute atomic E-state index is 14.1. The van der Waals surface area contributed by atoms with E-state index in [2.05, 4.69) is 17.0 Å². The molecule has 0 fully saturated rings. The van der Waals surface area contributed by atoms with Crippen LogP contribution >= 0.6 is 0 Å². The van der Waals surface area contributed by atoms with E-state index in [4.69, 9.17) is 8.83 Å². The van der Waals surface area contributed by atoms with Crippen molar-refractivity contribution in [3.8, 4) is 0 Å². The summed E-state index contributed by atoms with van der Waals surface area (Å²) in [5.41, 5.74) is -0.267. The Bertz CT molecular complexity index is 1370. The first kappa shape index (κ1) is 23.7. The van der Waals surface area contributed by atoms with Gasteiger partial charge in [0.1, 0.15) is 28.9 Å². The number of rotatable bonds is 9. The summed E-state index contributed by atoms with van der Waals surface area (Å²) in [4.78, 5) is 2.15. The molecule has 0 aliphatic rings. The summed E-state index contributed by atoms with van der Waals surface area (Å²) in [6, 6.07) is 28.5. The standard InChI is InChI=1S/C30H25F2NO3/c31-25-11-4-9-23(17-25)30(34,24-10-5-12-26(32)18-24)29-15-14-28(36-29)21-33(20-27-13-6-16-35-27)19-22-7-2-1-3-8-22/h1-18,34H,19-21H2. The summed E-state index contributed by atoms with van der Waals surface area (Å²) in [6.07, 6.45) is 1.64. The third-order valence-corrected chi connectivity index (χ3v) is 6.09. The van der Waals surface area contributed by atoms with Crippen molar-refractivity contribution < 1.29 is 22.7 Å². The van der Waals surface area contributed by atoms with E-state index in [-0.39, 0.29) is 16.9 Å². The highest BCUT2D eigenvalue weighted by Gasteiger charge is 2.38. The molecule has 2 heterocycles. The average molecular weight is 486 g/mol. The molecule has 0 unspecified atom stereocenters. The summed E-state index contributed by atoms with van der Waals surface area (Å²) in [7, 11) is 0. The van der Waals surface area contributed by atoms with Gasteiger partial charge in [0.25, 0.3) is 0 Å². The Balaban J connectivity index is 1.48. The van der Waals surface area contributed by atoms with Crippen molar-refractivity contribution in [2.75, 3.05) is 0 Å². The van der Waals surface area contributed by atoms with E-state index in [0.29, 0.717) is 25.4 Å². The molecular formula is C30H25F2NO3. The molecule has 0 atom stereocenters. The van der Waals surface area contributed by atoms with Gasteiger partial charge in [0.15, 0.2) is 5.60 Å². The van der Waals surface area contributed by atoms with E-state index in [0.717, 1.165) is 11.3 Å². The highest BCUT2D eigenvalue weighted by Crippen LogP contribution is 2.38. The maximum atomic E-state index is 14.1. The molecular weight excluding hydrogens is 460 g/mol. The van der Waals surface area contributed by atoms with Gasteiger partial charge in [-0.25, -0.2) is 8.78 Å². The molecule has 0 spiro atoms. The van der Waals surface area contributed by atoms with E-state index in [1.807, 2.05) is 30.3 Å². The molecule has 0 aliphatic carbocycles. The van der Waals surface area contributed by atoms with Crippen molar-refractivity contribution in [2.24, 2.45) is 0 Å². The van der Waals surface area contributed by atoms with Crippen LogP contribution in [0.2, 0.25) is 0 Å². The zero-order valence-corrected chi connectivity index (χ0v) is 19.5. The highest BCUT2D eigenvalue weighted by molar-refractivity contribution is 5.44.